The Morgan fingerprint density at radius 1 is 1.18 bits per heavy atom. The molecule has 1 rings (SSSR count). The number of rotatable bonds is 11. The maximum atomic E-state index is 11.8. The van der Waals surface area contributed by atoms with Gasteiger partial charge in [-0.05, 0) is 29.6 Å². The Kier molecular flexibility index (Phi) is 9.45. The maximum absolute atomic E-state index is 11.8. The molecule has 0 spiro atoms. The highest BCUT2D eigenvalue weighted by molar-refractivity contribution is 5.94. The summed E-state index contributed by atoms with van der Waals surface area (Å²) in [6, 6.07) is 7.57. The number of nitrogens with zero attached hydrogens (tertiary/aromatic N) is 3. The second-order valence-corrected chi connectivity index (χ2v) is 4.49. The summed E-state index contributed by atoms with van der Waals surface area (Å²) >= 11 is 0. The maximum Gasteiger partial charge on any atom is 0.251 e. The molecule has 7 nitrogen and oxygen atoms in total. The van der Waals surface area contributed by atoms with Crippen molar-refractivity contribution in [3.05, 3.63) is 45.8 Å². The number of aryl methyl sites for hydroxylation is 1. The van der Waals surface area contributed by atoms with Crippen LogP contribution in [0.5, 0.6) is 0 Å². The first kappa shape index (κ1) is 18.0. The lowest BCUT2D eigenvalue weighted by Gasteiger charge is -2.07. The van der Waals surface area contributed by atoms with Crippen LogP contribution in [0.2, 0.25) is 0 Å². The standard InChI is InChI=1S/C15H22N4O3/c1-2-13-3-5-14(6-4-13)15(20)17-7-9-21-11-12-22-10-8-18-19-16/h3-6H,2,7-12H2,1H3,(H,17,20). The van der Waals surface area contributed by atoms with Crippen LogP contribution in [-0.4, -0.2) is 45.4 Å². The van der Waals surface area contributed by atoms with Crippen molar-refractivity contribution in [3.8, 4) is 0 Å². The molecule has 1 aromatic rings. The molecule has 1 N–H and O–H groups in total. The lowest BCUT2D eigenvalue weighted by Crippen LogP contribution is -2.27. The Morgan fingerprint density at radius 3 is 2.50 bits per heavy atom. The van der Waals surface area contributed by atoms with Gasteiger partial charge in [0.25, 0.3) is 5.91 Å². The van der Waals surface area contributed by atoms with Crippen LogP contribution in [0.4, 0.5) is 0 Å². The van der Waals surface area contributed by atoms with Crippen LogP contribution in [0.15, 0.2) is 29.4 Å². The molecular weight excluding hydrogens is 284 g/mol. The van der Waals surface area contributed by atoms with Crippen molar-refractivity contribution in [2.75, 3.05) is 39.5 Å². The molecule has 120 valence electrons. The van der Waals surface area contributed by atoms with Crippen LogP contribution in [0.25, 0.3) is 10.4 Å². The number of benzene rings is 1. The molecule has 0 bridgehead atoms. The summed E-state index contributed by atoms with van der Waals surface area (Å²) in [6.45, 7) is 4.55. The monoisotopic (exact) mass is 306 g/mol. The molecule has 0 fully saturated rings. The fraction of sp³-hybridized carbons (Fsp3) is 0.533. The molecular formula is C15H22N4O3. The van der Waals surface area contributed by atoms with E-state index in [4.69, 9.17) is 15.0 Å². The van der Waals surface area contributed by atoms with Gasteiger partial charge in [-0.3, -0.25) is 4.79 Å². The molecule has 0 unspecified atom stereocenters. The number of carbonyl (C=O) groups excluding carboxylic acids is 1. The lowest BCUT2D eigenvalue weighted by atomic mass is 10.1. The zero-order valence-corrected chi connectivity index (χ0v) is 12.8. The zero-order chi connectivity index (χ0) is 16.0. The van der Waals surface area contributed by atoms with Crippen LogP contribution in [-0.2, 0) is 15.9 Å². The highest BCUT2D eigenvalue weighted by atomic mass is 16.5. The number of azide groups is 1. The van der Waals surface area contributed by atoms with Gasteiger partial charge in [0.1, 0.15) is 0 Å². The third-order valence-corrected chi connectivity index (χ3v) is 2.93. The van der Waals surface area contributed by atoms with Gasteiger partial charge in [-0.2, -0.15) is 0 Å². The highest BCUT2D eigenvalue weighted by Gasteiger charge is 2.03. The van der Waals surface area contributed by atoms with E-state index in [9.17, 15) is 4.79 Å². The van der Waals surface area contributed by atoms with E-state index in [1.807, 2.05) is 24.3 Å². The van der Waals surface area contributed by atoms with Crippen LogP contribution in [0.3, 0.4) is 0 Å². The highest BCUT2D eigenvalue weighted by Crippen LogP contribution is 2.04. The van der Waals surface area contributed by atoms with Crippen molar-refractivity contribution in [1.82, 2.24) is 5.32 Å². The number of amides is 1. The van der Waals surface area contributed by atoms with Crippen molar-refractivity contribution in [2.45, 2.75) is 13.3 Å². The average molecular weight is 306 g/mol. The number of ether oxygens (including phenoxy) is 2. The fourth-order valence-corrected chi connectivity index (χ4v) is 1.70. The topological polar surface area (TPSA) is 96.3 Å². The SMILES string of the molecule is CCc1ccc(C(=O)NCCOCCOCCN=[N+]=[N-])cc1. The Balaban J connectivity index is 2.04. The predicted octanol–water partition coefficient (Wildman–Crippen LogP) is 2.32. The molecule has 0 saturated carbocycles. The molecule has 0 saturated heterocycles. The van der Waals surface area contributed by atoms with Crippen molar-refractivity contribution in [2.24, 2.45) is 5.11 Å². The van der Waals surface area contributed by atoms with E-state index in [0.29, 0.717) is 45.1 Å². The zero-order valence-electron chi connectivity index (χ0n) is 12.8. The second-order valence-electron chi connectivity index (χ2n) is 4.49. The summed E-state index contributed by atoms with van der Waals surface area (Å²) < 4.78 is 10.5. The Hall–Kier alpha value is -2.08. The summed E-state index contributed by atoms with van der Waals surface area (Å²) in [4.78, 5) is 14.5. The van der Waals surface area contributed by atoms with Gasteiger partial charge in [0, 0.05) is 23.6 Å². The molecule has 1 aromatic carbocycles. The number of hydrogen-bond donors (Lipinski definition) is 1. The van der Waals surface area contributed by atoms with Gasteiger partial charge in [-0.15, -0.1) is 0 Å². The third-order valence-electron chi connectivity index (χ3n) is 2.93. The average Bonchev–Trinajstić information content (AvgIpc) is 2.56. The molecule has 22 heavy (non-hydrogen) atoms. The quantitative estimate of drug-likeness (QED) is 0.294. The smallest absolute Gasteiger partial charge is 0.251 e. The van der Waals surface area contributed by atoms with Gasteiger partial charge in [0.15, 0.2) is 0 Å². The van der Waals surface area contributed by atoms with Crippen LogP contribution < -0.4 is 5.32 Å². The summed E-state index contributed by atoms with van der Waals surface area (Å²) in [7, 11) is 0. The minimum absolute atomic E-state index is 0.100. The molecule has 0 aliphatic heterocycles. The van der Waals surface area contributed by atoms with E-state index >= 15 is 0 Å². The molecule has 0 heterocycles. The van der Waals surface area contributed by atoms with Gasteiger partial charge in [0.05, 0.1) is 26.4 Å². The fourth-order valence-electron chi connectivity index (χ4n) is 1.70. The van der Waals surface area contributed by atoms with Crippen molar-refractivity contribution < 1.29 is 14.3 Å². The normalized spacial score (nSPS) is 10.0. The Bertz CT molecular complexity index is 484. The third kappa shape index (κ3) is 7.64. The number of carbonyl (C=O) groups is 1. The van der Waals surface area contributed by atoms with Crippen molar-refractivity contribution >= 4 is 5.91 Å². The minimum atomic E-state index is -0.100. The van der Waals surface area contributed by atoms with E-state index in [2.05, 4.69) is 22.3 Å². The van der Waals surface area contributed by atoms with Gasteiger partial charge in [0.2, 0.25) is 0 Å². The van der Waals surface area contributed by atoms with Crippen molar-refractivity contribution in [3.63, 3.8) is 0 Å². The first-order valence-corrected chi connectivity index (χ1v) is 7.31. The summed E-state index contributed by atoms with van der Waals surface area (Å²) in [5.74, 6) is -0.100. The molecule has 0 aliphatic rings. The van der Waals surface area contributed by atoms with Crippen LogP contribution >= 0.6 is 0 Å². The summed E-state index contributed by atoms with van der Waals surface area (Å²) in [5, 5.41) is 6.14. The van der Waals surface area contributed by atoms with Gasteiger partial charge < -0.3 is 14.8 Å². The van der Waals surface area contributed by atoms with Gasteiger partial charge in [-0.25, -0.2) is 0 Å². The second kappa shape index (κ2) is 11.6. The van der Waals surface area contributed by atoms with Gasteiger partial charge >= 0.3 is 0 Å². The van der Waals surface area contributed by atoms with Crippen LogP contribution in [0.1, 0.15) is 22.8 Å². The van der Waals surface area contributed by atoms with Crippen molar-refractivity contribution in [1.29, 1.82) is 0 Å². The van der Waals surface area contributed by atoms with E-state index in [0.717, 1.165) is 6.42 Å². The molecule has 7 heteroatoms. The first-order chi connectivity index (χ1) is 10.8. The first-order valence-electron chi connectivity index (χ1n) is 7.31. The largest absolute Gasteiger partial charge is 0.379 e. The summed E-state index contributed by atoms with van der Waals surface area (Å²) in [5.41, 5.74) is 9.92. The molecule has 0 atom stereocenters. The molecule has 0 aromatic heterocycles. The molecule has 0 aliphatic carbocycles. The van der Waals surface area contributed by atoms with Gasteiger partial charge in [-0.1, -0.05) is 24.2 Å². The summed E-state index contributed by atoms with van der Waals surface area (Å²) in [6.07, 6.45) is 0.959. The molecule has 1 amide bonds. The number of hydrogen-bond acceptors (Lipinski definition) is 4. The predicted molar refractivity (Wildman–Crippen MR) is 83.8 cm³/mol. The van der Waals surface area contributed by atoms with E-state index in [-0.39, 0.29) is 5.91 Å². The Morgan fingerprint density at radius 2 is 1.86 bits per heavy atom. The van der Waals surface area contributed by atoms with Crippen LogP contribution in [0, 0.1) is 0 Å². The Labute approximate surface area is 130 Å². The minimum Gasteiger partial charge on any atom is -0.379 e. The van der Waals surface area contributed by atoms with E-state index in [1.165, 1.54) is 5.56 Å². The molecule has 0 radical (unpaired) electrons. The van der Waals surface area contributed by atoms with E-state index in [1.54, 1.807) is 0 Å². The number of nitrogens with one attached hydrogen (secondary N) is 1. The lowest BCUT2D eigenvalue weighted by molar-refractivity contribution is 0.0511. The van der Waals surface area contributed by atoms with E-state index < -0.39 is 0 Å².